The maximum absolute atomic E-state index is 12.3. The number of para-hydroxylation sites is 2. The third kappa shape index (κ3) is 5.48. The number of amides is 1. The number of aryl methyl sites for hydroxylation is 1. The van der Waals surface area contributed by atoms with E-state index in [-0.39, 0.29) is 12.5 Å². The smallest absolute Gasteiger partial charge is 0.262 e. The van der Waals surface area contributed by atoms with Crippen molar-refractivity contribution >= 4 is 30.0 Å². The Bertz CT molecular complexity index is 1140. The third-order valence-electron chi connectivity index (χ3n) is 4.28. The molecule has 1 amide bonds. The summed E-state index contributed by atoms with van der Waals surface area (Å²) in [6.45, 7) is 1.78. The van der Waals surface area contributed by atoms with E-state index in [1.807, 2.05) is 19.1 Å². The summed E-state index contributed by atoms with van der Waals surface area (Å²) >= 11 is 5.19. The first-order valence-electron chi connectivity index (χ1n) is 9.50. The molecule has 0 radical (unpaired) electrons. The Labute approximate surface area is 184 Å². The Morgan fingerprint density at radius 1 is 1.19 bits per heavy atom. The highest BCUT2D eigenvalue weighted by atomic mass is 32.1. The van der Waals surface area contributed by atoms with Crippen LogP contribution >= 0.6 is 12.2 Å². The molecular weight excluding hydrogens is 418 g/mol. The molecule has 0 atom stereocenters. The van der Waals surface area contributed by atoms with E-state index in [2.05, 4.69) is 20.6 Å². The number of rotatable bonds is 9. The zero-order valence-corrected chi connectivity index (χ0v) is 18.2. The summed E-state index contributed by atoms with van der Waals surface area (Å²) in [4.78, 5) is 12.3. The number of nitrogens with zero attached hydrogens (tertiary/aromatic N) is 3. The van der Waals surface area contributed by atoms with Gasteiger partial charge in [-0.3, -0.25) is 9.89 Å². The molecule has 3 rings (SSSR count). The lowest BCUT2D eigenvalue weighted by Crippen LogP contribution is -2.20. The molecule has 1 heterocycles. The molecule has 9 nitrogen and oxygen atoms in total. The fourth-order valence-electron chi connectivity index (χ4n) is 2.76. The van der Waals surface area contributed by atoms with E-state index in [0.29, 0.717) is 34.1 Å². The Morgan fingerprint density at radius 2 is 1.97 bits per heavy atom. The van der Waals surface area contributed by atoms with Crippen molar-refractivity contribution in [3.63, 3.8) is 0 Å². The van der Waals surface area contributed by atoms with Gasteiger partial charge in [0.15, 0.2) is 23.9 Å². The fourth-order valence-corrected chi connectivity index (χ4v) is 2.96. The maximum atomic E-state index is 12.3. The average molecular weight is 442 g/mol. The zero-order chi connectivity index (χ0) is 22.2. The quantitative estimate of drug-likeness (QED) is 0.390. The van der Waals surface area contributed by atoms with Gasteiger partial charge in [0, 0.05) is 6.42 Å². The van der Waals surface area contributed by atoms with Crippen molar-refractivity contribution in [2.75, 3.05) is 26.1 Å². The molecule has 162 valence electrons. The van der Waals surface area contributed by atoms with Crippen molar-refractivity contribution in [2.24, 2.45) is 5.10 Å². The molecule has 0 saturated heterocycles. The highest BCUT2D eigenvalue weighted by molar-refractivity contribution is 7.71. The predicted molar refractivity (Wildman–Crippen MR) is 120 cm³/mol. The van der Waals surface area contributed by atoms with Gasteiger partial charge in [-0.05, 0) is 48.1 Å². The van der Waals surface area contributed by atoms with Crippen molar-refractivity contribution in [3.8, 4) is 17.2 Å². The number of hydrogen-bond donors (Lipinski definition) is 2. The Kier molecular flexibility index (Phi) is 7.39. The molecule has 1 aromatic heterocycles. The van der Waals surface area contributed by atoms with E-state index in [4.69, 9.17) is 26.4 Å². The van der Waals surface area contributed by atoms with Gasteiger partial charge in [-0.2, -0.15) is 14.9 Å². The lowest BCUT2D eigenvalue weighted by molar-refractivity contribution is -0.118. The van der Waals surface area contributed by atoms with E-state index < -0.39 is 0 Å². The lowest BCUT2D eigenvalue weighted by atomic mass is 10.2. The van der Waals surface area contributed by atoms with E-state index >= 15 is 0 Å². The summed E-state index contributed by atoms with van der Waals surface area (Å²) in [5.41, 5.74) is 1.34. The second kappa shape index (κ2) is 10.4. The highest BCUT2D eigenvalue weighted by Crippen LogP contribution is 2.28. The van der Waals surface area contributed by atoms with Gasteiger partial charge in [-0.1, -0.05) is 19.1 Å². The average Bonchev–Trinajstić information content (AvgIpc) is 3.16. The van der Waals surface area contributed by atoms with Crippen LogP contribution in [0.3, 0.4) is 0 Å². The fraction of sp³-hybridized carbons (Fsp3) is 0.238. The number of H-pyrrole nitrogens is 1. The van der Waals surface area contributed by atoms with Crippen LogP contribution in [-0.2, 0) is 11.2 Å². The minimum absolute atomic E-state index is 0.189. The first-order chi connectivity index (χ1) is 15.0. The molecule has 2 N–H and O–H groups in total. The largest absolute Gasteiger partial charge is 0.495 e. The van der Waals surface area contributed by atoms with Crippen LogP contribution in [-0.4, -0.2) is 47.8 Å². The monoisotopic (exact) mass is 441 g/mol. The van der Waals surface area contributed by atoms with Crippen molar-refractivity contribution in [1.29, 1.82) is 0 Å². The van der Waals surface area contributed by atoms with Crippen LogP contribution in [0.1, 0.15) is 18.3 Å². The van der Waals surface area contributed by atoms with Crippen molar-refractivity contribution in [1.82, 2.24) is 14.9 Å². The Balaban J connectivity index is 1.67. The second-order valence-corrected chi connectivity index (χ2v) is 6.69. The van der Waals surface area contributed by atoms with Crippen LogP contribution in [0.4, 0.5) is 5.69 Å². The minimum Gasteiger partial charge on any atom is -0.495 e. The summed E-state index contributed by atoms with van der Waals surface area (Å²) < 4.78 is 18.2. The van der Waals surface area contributed by atoms with Crippen LogP contribution in [0.25, 0.3) is 0 Å². The van der Waals surface area contributed by atoms with Gasteiger partial charge in [0.2, 0.25) is 4.77 Å². The van der Waals surface area contributed by atoms with Crippen molar-refractivity contribution in [2.45, 2.75) is 13.3 Å². The van der Waals surface area contributed by atoms with E-state index in [1.165, 1.54) is 7.11 Å². The summed E-state index contributed by atoms with van der Waals surface area (Å²) in [5, 5.41) is 14.0. The van der Waals surface area contributed by atoms with Gasteiger partial charge >= 0.3 is 0 Å². The number of benzene rings is 2. The summed E-state index contributed by atoms with van der Waals surface area (Å²) in [7, 11) is 3.07. The third-order valence-corrected chi connectivity index (χ3v) is 4.55. The molecule has 2 aromatic carbocycles. The molecule has 0 spiro atoms. The summed E-state index contributed by atoms with van der Waals surface area (Å²) in [6.07, 6.45) is 2.34. The van der Waals surface area contributed by atoms with Gasteiger partial charge in [0.1, 0.15) is 5.75 Å². The normalized spacial score (nSPS) is 10.8. The number of aromatic nitrogens is 3. The SMILES string of the molecule is CCc1n[nH]c(=S)n1/N=C/c1ccc(OCC(=O)Nc2ccccc2OC)c(OC)c1. The highest BCUT2D eigenvalue weighted by Gasteiger charge is 2.11. The molecule has 0 aliphatic carbocycles. The molecule has 0 saturated carbocycles. The molecule has 31 heavy (non-hydrogen) atoms. The summed E-state index contributed by atoms with van der Waals surface area (Å²) in [6, 6.07) is 12.4. The van der Waals surface area contributed by atoms with Crippen LogP contribution in [0.15, 0.2) is 47.6 Å². The number of carbonyl (C=O) groups is 1. The van der Waals surface area contributed by atoms with Crippen LogP contribution < -0.4 is 19.5 Å². The molecular formula is C21H23N5O4S. The topological polar surface area (TPSA) is 103 Å². The second-order valence-electron chi connectivity index (χ2n) is 6.30. The van der Waals surface area contributed by atoms with Crippen LogP contribution in [0.5, 0.6) is 17.2 Å². The standard InChI is InChI=1S/C21H23N5O4S/c1-4-19-24-25-21(31)26(19)22-12-14-9-10-17(18(11-14)29-3)30-13-20(27)23-15-7-5-6-8-16(15)28-2/h5-12H,4,13H2,1-3H3,(H,23,27)(H,25,31)/b22-12+. The number of methoxy groups -OCH3 is 2. The molecule has 3 aromatic rings. The number of nitrogens with one attached hydrogen (secondary N) is 2. The first kappa shape index (κ1) is 22.0. The molecule has 0 bridgehead atoms. The number of carbonyl (C=O) groups excluding carboxylic acids is 1. The van der Waals surface area contributed by atoms with Crippen molar-refractivity contribution < 1.29 is 19.0 Å². The molecule has 0 aliphatic rings. The molecule has 0 fully saturated rings. The first-order valence-corrected chi connectivity index (χ1v) is 9.90. The van der Waals surface area contributed by atoms with Gasteiger partial charge < -0.3 is 19.5 Å². The van der Waals surface area contributed by atoms with Crippen LogP contribution in [0.2, 0.25) is 0 Å². The summed E-state index contributed by atoms with van der Waals surface area (Å²) in [5.74, 6) is 1.89. The van der Waals surface area contributed by atoms with Gasteiger partial charge in [-0.25, -0.2) is 0 Å². The molecule has 10 heteroatoms. The number of aromatic amines is 1. The minimum atomic E-state index is -0.321. The van der Waals surface area contributed by atoms with Crippen molar-refractivity contribution in [3.05, 3.63) is 58.6 Å². The Morgan fingerprint density at radius 3 is 2.71 bits per heavy atom. The maximum Gasteiger partial charge on any atom is 0.262 e. The van der Waals surface area contributed by atoms with E-state index in [1.54, 1.807) is 48.3 Å². The number of hydrogen-bond acceptors (Lipinski definition) is 7. The van der Waals surface area contributed by atoms with Gasteiger partial charge in [0.05, 0.1) is 26.1 Å². The number of ether oxygens (including phenoxy) is 3. The van der Waals surface area contributed by atoms with Gasteiger partial charge in [0.25, 0.3) is 5.91 Å². The molecule has 0 aliphatic heterocycles. The van der Waals surface area contributed by atoms with Crippen LogP contribution in [0, 0.1) is 4.77 Å². The molecule has 0 unspecified atom stereocenters. The van der Waals surface area contributed by atoms with E-state index in [9.17, 15) is 4.79 Å². The predicted octanol–water partition coefficient (Wildman–Crippen LogP) is 3.42. The Hall–Kier alpha value is -3.66. The lowest BCUT2D eigenvalue weighted by Gasteiger charge is -2.12. The number of anilines is 1. The van der Waals surface area contributed by atoms with Gasteiger partial charge in [-0.15, -0.1) is 0 Å². The zero-order valence-electron chi connectivity index (χ0n) is 17.4. The van der Waals surface area contributed by atoms with E-state index in [0.717, 1.165) is 11.4 Å².